The van der Waals surface area contributed by atoms with E-state index in [4.69, 9.17) is 16.7 Å². The molecule has 0 atom stereocenters. The van der Waals surface area contributed by atoms with Crippen LogP contribution in [0.2, 0.25) is 5.02 Å². The number of halogens is 1. The minimum absolute atomic E-state index is 0.0869. The molecule has 0 saturated heterocycles. The van der Waals surface area contributed by atoms with Gasteiger partial charge in [-0.3, -0.25) is 4.79 Å². The molecule has 1 N–H and O–H groups in total. The van der Waals surface area contributed by atoms with Crippen LogP contribution in [0.25, 0.3) is 0 Å². The smallest absolute Gasteiger partial charge is 0.164 e. The molecule has 0 unspecified atom stereocenters. The van der Waals surface area contributed by atoms with Gasteiger partial charge in [0.15, 0.2) is 5.78 Å². The zero-order valence-electron chi connectivity index (χ0n) is 10.0. The van der Waals surface area contributed by atoms with Crippen LogP contribution >= 0.6 is 11.6 Å². The van der Waals surface area contributed by atoms with E-state index in [2.05, 4.69) is 0 Å². The Morgan fingerprint density at radius 1 is 1.41 bits per heavy atom. The monoisotopic (exact) mass is 255 g/mol. The van der Waals surface area contributed by atoms with Crippen LogP contribution in [0.4, 0.5) is 0 Å². The number of hydrogen-bond donors (Lipinski definition) is 1. The molecule has 4 heteroatoms. The van der Waals surface area contributed by atoms with E-state index in [0.29, 0.717) is 30.1 Å². The molecular weight excluding hydrogens is 238 g/mol. The van der Waals surface area contributed by atoms with Gasteiger partial charge in [0, 0.05) is 30.1 Å². The fourth-order valence-corrected chi connectivity index (χ4v) is 1.83. The molecule has 3 nitrogen and oxygen atoms in total. The predicted molar refractivity (Wildman–Crippen MR) is 69.6 cm³/mol. The van der Waals surface area contributed by atoms with Gasteiger partial charge in [0.25, 0.3) is 0 Å². The second-order valence-electron chi connectivity index (χ2n) is 3.84. The van der Waals surface area contributed by atoms with Crippen molar-refractivity contribution in [3.63, 3.8) is 0 Å². The summed E-state index contributed by atoms with van der Waals surface area (Å²) in [7, 11) is 0. The molecule has 0 aliphatic carbocycles. The highest BCUT2D eigenvalue weighted by Crippen LogP contribution is 2.12. The minimum atomic E-state index is 0.0869. The van der Waals surface area contributed by atoms with E-state index >= 15 is 0 Å². The number of ketones is 1. The van der Waals surface area contributed by atoms with Crippen LogP contribution in [0.3, 0.4) is 0 Å². The van der Waals surface area contributed by atoms with Gasteiger partial charge >= 0.3 is 0 Å². The third kappa shape index (κ3) is 4.86. The topological polar surface area (TPSA) is 40.5 Å². The second-order valence-corrected chi connectivity index (χ2v) is 4.28. The normalized spacial score (nSPS) is 10.8. The van der Waals surface area contributed by atoms with Crippen molar-refractivity contribution in [1.82, 2.24) is 4.90 Å². The highest BCUT2D eigenvalue weighted by Gasteiger charge is 2.08. The lowest BCUT2D eigenvalue weighted by atomic mass is 10.1. The van der Waals surface area contributed by atoms with Crippen LogP contribution in [-0.4, -0.2) is 42.0 Å². The van der Waals surface area contributed by atoms with Crippen molar-refractivity contribution in [3.8, 4) is 0 Å². The first-order valence-electron chi connectivity index (χ1n) is 5.79. The number of aliphatic hydroxyl groups excluding tert-OH is 1. The summed E-state index contributed by atoms with van der Waals surface area (Å²) in [5.74, 6) is 0.0869. The van der Waals surface area contributed by atoms with Crippen molar-refractivity contribution in [2.24, 2.45) is 0 Å². The van der Waals surface area contributed by atoms with Gasteiger partial charge in [-0.1, -0.05) is 30.7 Å². The summed E-state index contributed by atoms with van der Waals surface area (Å²) in [6.45, 7) is 4.25. The first-order chi connectivity index (χ1) is 8.17. The lowest BCUT2D eigenvalue weighted by Crippen LogP contribution is -2.29. The molecule has 0 aliphatic rings. The van der Waals surface area contributed by atoms with Crippen molar-refractivity contribution < 1.29 is 9.90 Å². The number of hydrogen-bond acceptors (Lipinski definition) is 3. The van der Waals surface area contributed by atoms with Gasteiger partial charge < -0.3 is 10.0 Å². The number of Topliss-reactive ketones (excluding diaryl/α,β-unsaturated/α-hetero) is 1. The average molecular weight is 256 g/mol. The van der Waals surface area contributed by atoms with Crippen molar-refractivity contribution in [3.05, 3.63) is 34.9 Å². The molecule has 0 bridgehead atoms. The van der Waals surface area contributed by atoms with Crippen LogP contribution in [0.1, 0.15) is 23.7 Å². The first-order valence-corrected chi connectivity index (χ1v) is 6.17. The molecule has 0 radical (unpaired) electrons. The first kappa shape index (κ1) is 14.2. The molecule has 1 aromatic carbocycles. The minimum Gasteiger partial charge on any atom is -0.395 e. The molecule has 0 fully saturated rings. The summed E-state index contributed by atoms with van der Waals surface area (Å²) in [5.41, 5.74) is 0.651. The third-order valence-electron chi connectivity index (χ3n) is 2.67. The molecule has 94 valence electrons. The van der Waals surface area contributed by atoms with E-state index < -0.39 is 0 Å². The summed E-state index contributed by atoms with van der Waals surface area (Å²) in [5, 5.41) is 9.42. The van der Waals surface area contributed by atoms with Crippen LogP contribution in [-0.2, 0) is 0 Å². The fraction of sp³-hybridized carbons (Fsp3) is 0.462. The number of benzene rings is 1. The molecule has 0 saturated carbocycles. The fourth-order valence-electron chi connectivity index (χ4n) is 1.64. The SMILES string of the molecule is CCN(CCO)CCC(=O)c1cccc(Cl)c1. The standard InChI is InChI=1S/C13H18ClNO2/c1-2-15(8-9-16)7-6-13(17)11-4-3-5-12(14)10-11/h3-5,10,16H,2,6-9H2,1H3. The van der Waals surface area contributed by atoms with E-state index in [1.54, 1.807) is 24.3 Å². The van der Waals surface area contributed by atoms with Crippen molar-refractivity contribution in [2.75, 3.05) is 26.2 Å². The lowest BCUT2D eigenvalue weighted by Gasteiger charge is -2.18. The largest absolute Gasteiger partial charge is 0.395 e. The van der Waals surface area contributed by atoms with Crippen molar-refractivity contribution in [1.29, 1.82) is 0 Å². The zero-order chi connectivity index (χ0) is 12.7. The Kier molecular flexibility index (Phi) is 6.19. The summed E-state index contributed by atoms with van der Waals surface area (Å²) >= 11 is 5.83. The maximum Gasteiger partial charge on any atom is 0.164 e. The van der Waals surface area contributed by atoms with Crippen molar-refractivity contribution in [2.45, 2.75) is 13.3 Å². The molecule has 0 aliphatic heterocycles. The molecular formula is C13H18ClNO2. The van der Waals surface area contributed by atoms with Gasteiger partial charge in [0.2, 0.25) is 0 Å². The van der Waals surface area contributed by atoms with Crippen molar-refractivity contribution >= 4 is 17.4 Å². The van der Waals surface area contributed by atoms with Gasteiger partial charge in [-0.25, -0.2) is 0 Å². The Hall–Kier alpha value is -0.900. The van der Waals surface area contributed by atoms with E-state index in [1.807, 2.05) is 11.8 Å². The quantitative estimate of drug-likeness (QED) is 0.760. The zero-order valence-corrected chi connectivity index (χ0v) is 10.8. The Balaban J connectivity index is 2.49. The van der Waals surface area contributed by atoms with Gasteiger partial charge in [0.1, 0.15) is 0 Å². The molecule has 0 amide bonds. The summed E-state index contributed by atoms with van der Waals surface area (Å²) in [6, 6.07) is 6.99. The summed E-state index contributed by atoms with van der Waals surface area (Å²) in [4.78, 5) is 13.9. The maximum absolute atomic E-state index is 11.9. The lowest BCUT2D eigenvalue weighted by molar-refractivity contribution is 0.0959. The number of likely N-dealkylation sites (N-methyl/N-ethyl adjacent to an activating group) is 1. The van der Waals surface area contributed by atoms with Gasteiger partial charge in [0.05, 0.1) is 6.61 Å². The number of nitrogens with zero attached hydrogens (tertiary/aromatic N) is 1. The van der Waals surface area contributed by atoms with Crippen LogP contribution in [0.15, 0.2) is 24.3 Å². The number of carbonyl (C=O) groups excluding carboxylic acids is 1. The number of aliphatic hydroxyl groups is 1. The van der Waals surface area contributed by atoms with Crippen LogP contribution in [0.5, 0.6) is 0 Å². The summed E-state index contributed by atoms with van der Waals surface area (Å²) in [6.07, 6.45) is 0.453. The Bertz CT molecular complexity index is 368. The van der Waals surface area contributed by atoms with Gasteiger partial charge in [-0.2, -0.15) is 0 Å². The van der Waals surface area contributed by atoms with E-state index in [-0.39, 0.29) is 12.4 Å². The molecule has 1 aromatic rings. The van der Waals surface area contributed by atoms with E-state index in [9.17, 15) is 4.79 Å². The number of rotatable bonds is 7. The molecule has 1 rings (SSSR count). The summed E-state index contributed by atoms with van der Waals surface area (Å²) < 4.78 is 0. The molecule has 17 heavy (non-hydrogen) atoms. The molecule has 0 aromatic heterocycles. The van der Waals surface area contributed by atoms with E-state index in [0.717, 1.165) is 6.54 Å². The Morgan fingerprint density at radius 3 is 2.76 bits per heavy atom. The highest BCUT2D eigenvalue weighted by atomic mass is 35.5. The highest BCUT2D eigenvalue weighted by molar-refractivity contribution is 6.31. The van der Waals surface area contributed by atoms with Crippen LogP contribution in [0, 0.1) is 0 Å². The van der Waals surface area contributed by atoms with Gasteiger partial charge in [-0.05, 0) is 18.7 Å². The molecule has 0 spiro atoms. The van der Waals surface area contributed by atoms with Gasteiger partial charge in [-0.15, -0.1) is 0 Å². The van der Waals surface area contributed by atoms with E-state index in [1.165, 1.54) is 0 Å². The maximum atomic E-state index is 11.9. The second kappa shape index (κ2) is 7.43. The van der Waals surface area contributed by atoms with Crippen LogP contribution < -0.4 is 0 Å². The average Bonchev–Trinajstić information content (AvgIpc) is 2.34. The predicted octanol–water partition coefficient (Wildman–Crippen LogP) is 2.23. The Labute approximate surface area is 107 Å². The molecule has 0 heterocycles. The third-order valence-corrected chi connectivity index (χ3v) is 2.90. The Morgan fingerprint density at radius 2 is 2.18 bits per heavy atom. The number of carbonyl (C=O) groups is 1.